The fourth-order valence-electron chi connectivity index (χ4n) is 9.02. The Hall–Kier alpha value is -3.72. The van der Waals surface area contributed by atoms with Gasteiger partial charge in [0.2, 0.25) is 11.8 Å². The number of halogens is 1. The van der Waals surface area contributed by atoms with Gasteiger partial charge in [-0.15, -0.1) is 0 Å². The van der Waals surface area contributed by atoms with Crippen LogP contribution < -0.4 is 15.4 Å². The quantitative estimate of drug-likeness (QED) is 0.208. The standard InChI is InChI=1S/C40H60FN5O8S/c1-24(2)46(25(3)4)55(51,52)44-36(47)34-22-29-21-30(17-18-33(29)53-34)42-37(48)35-31(26-11-9-8-10-12-26)19-20-45(35)38(49)28-15-13-27(14-16-28)32(23-41)43-39(50)54-40(5,6)7/h17-18,21-22,24-28,31-32,35H,8-16,19-20,23H2,1-7H3,(H,42,48)(H,43,50)(H,44,47)/t27-,28-,31-,32+,35-/m0/s1. The molecule has 3 atom stereocenters. The summed E-state index contributed by atoms with van der Waals surface area (Å²) in [6.45, 7) is 11.9. The van der Waals surface area contributed by atoms with E-state index in [9.17, 15) is 32.0 Å². The summed E-state index contributed by atoms with van der Waals surface area (Å²) in [4.78, 5) is 55.7. The lowest BCUT2D eigenvalue weighted by atomic mass is 9.76. The maximum absolute atomic E-state index is 14.3. The molecule has 0 radical (unpaired) electrons. The smallest absolute Gasteiger partial charge is 0.407 e. The van der Waals surface area contributed by atoms with E-state index in [0.717, 1.165) is 32.1 Å². The number of furan rings is 1. The zero-order valence-electron chi connectivity index (χ0n) is 33.4. The SMILES string of the molecule is CC(C)N(C(C)C)S(=O)(=O)NC(=O)c1cc2cc(NC(=O)[C@@H]3[C@H](C4CCCCC4)CCN3C(=O)[C@H]3CC[C@H]([C@@H](CF)NC(=O)OC(C)(C)C)CC3)ccc2o1. The molecule has 0 unspecified atom stereocenters. The van der Waals surface area contributed by atoms with Gasteiger partial charge in [-0.25, -0.2) is 13.9 Å². The second kappa shape index (κ2) is 17.6. The molecule has 1 aliphatic heterocycles. The largest absolute Gasteiger partial charge is 0.451 e. The summed E-state index contributed by atoms with van der Waals surface area (Å²) in [5.41, 5.74) is 0.100. The van der Waals surface area contributed by atoms with Crippen molar-refractivity contribution in [3.8, 4) is 0 Å². The van der Waals surface area contributed by atoms with E-state index in [4.69, 9.17) is 9.15 Å². The molecule has 2 heterocycles. The summed E-state index contributed by atoms with van der Waals surface area (Å²) in [7, 11) is -4.14. The molecule has 2 saturated carbocycles. The van der Waals surface area contributed by atoms with Crippen LogP contribution in [-0.4, -0.2) is 84.4 Å². The second-order valence-electron chi connectivity index (χ2n) is 17.2. The minimum absolute atomic E-state index is 0.0145. The van der Waals surface area contributed by atoms with Gasteiger partial charge in [-0.2, -0.15) is 12.7 Å². The summed E-state index contributed by atoms with van der Waals surface area (Å²) >= 11 is 0. The van der Waals surface area contributed by atoms with Crippen LogP contribution >= 0.6 is 0 Å². The lowest BCUT2D eigenvalue weighted by molar-refractivity contribution is -0.142. The van der Waals surface area contributed by atoms with Crippen LogP contribution in [0.15, 0.2) is 28.7 Å². The van der Waals surface area contributed by atoms with Gasteiger partial charge in [0.05, 0.1) is 6.04 Å². The van der Waals surface area contributed by atoms with Crippen LogP contribution in [0.1, 0.15) is 123 Å². The number of alkyl halides is 1. The van der Waals surface area contributed by atoms with Crippen molar-refractivity contribution in [2.45, 2.75) is 142 Å². The minimum Gasteiger partial charge on any atom is -0.451 e. The van der Waals surface area contributed by atoms with E-state index in [0.29, 0.717) is 54.8 Å². The Morgan fingerprint density at radius 3 is 2.20 bits per heavy atom. The highest BCUT2D eigenvalue weighted by atomic mass is 32.2. The summed E-state index contributed by atoms with van der Waals surface area (Å²) in [5, 5.41) is 6.22. The molecule has 13 nitrogen and oxygen atoms in total. The molecule has 4 amide bonds. The number of benzene rings is 1. The van der Waals surface area contributed by atoms with E-state index >= 15 is 0 Å². The lowest BCUT2D eigenvalue weighted by Gasteiger charge is -2.37. The number of carbonyl (C=O) groups excluding carboxylic acids is 4. The van der Waals surface area contributed by atoms with Crippen LogP contribution in [0.2, 0.25) is 0 Å². The highest BCUT2D eigenvalue weighted by Crippen LogP contribution is 2.41. The van der Waals surface area contributed by atoms with Crippen LogP contribution in [0.3, 0.4) is 0 Å². The number of fused-ring (bicyclic) bond motifs is 1. The molecular formula is C40H60FN5O8S. The summed E-state index contributed by atoms with van der Waals surface area (Å²) in [6, 6.07) is 4.28. The predicted molar refractivity (Wildman–Crippen MR) is 208 cm³/mol. The number of carbonyl (C=O) groups is 4. The first-order valence-corrected chi connectivity index (χ1v) is 21.4. The van der Waals surface area contributed by atoms with Crippen molar-refractivity contribution in [2.75, 3.05) is 18.5 Å². The van der Waals surface area contributed by atoms with Gasteiger partial charge in [0.25, 0.3) is 0 Å². The van der Waals surface area contributed by atoms with E-state index in [-0.39, 0.29) is 47.4 Å². The third-order valence-electron chi connectivity index (χ3n) is 11.3. The number of likely N-dealkylation sites (tertiary alicyclic amines) is 1. The number of anilines is 1. The molecule has 0 bridgehead atoms. The average molecular weight is 790 g/mol. The van der Waals surface area contributed by atoms with E-state index in [1.807, 2.05) is 0 Å². The van der Waals surface area contributed by atoms with Gasteiger partial charge in [0.15, 0.2) is 5.76 Å². The molecule has 3 N–H and O–H groups in total. The molecule has 1 aromatic heterocycles. The van der Waals surface area contributed by atoms with Gasteiger partial charge in [0.1, 0.15) is 23.9 Å². The Morgan fingerprint density at radius 1 is 0.945 bits per heavy atom. The molecule has 1 saturated heterocycles. The number of ether oxygens (including phenoxy) is 1. The molecule has 3 fully saturated rings. The Labute approximate surface area is 325 Å². The van der Waals surface area contributed by atoms with Crippen molar-refractivity contribution in [2.24, 2.45) is 23.7 Å². The van der Waals surface area contributed by atoms with Gasteiger partial charge in [-0.1, -0.05) is 32.1 Å². The number of nitrogens with zero attached hydrogens (tertiary/aromatic N) is 2. The molecule has 2 aromatic rings. The van der Waals surface area contributed by atoms with Gasteiger partial charge in [-0.3, -0.25) is 14.4 Å². The van der Waals surface area contributed by atoms with Crippen molar-refractivity contribution < 1.29 is 41.1 Å². The predicted octanol–water partition coefficient (Wildman–Crippen LogP) is 6.93. The van der Waals surface area contributed by atoms with E-state index in [2.05, 4.69) is 15.4 Å². The Morgan fingerprint density at radius 2 is 1.60 bits per heavy atom. The minimum atomic E-state index is -4.14. The van der Waals surface area contributed by atoms with E-state index in [1.54, 1.807) is 71.6 Å². The van der Waals surface area contributed by atoms with Gasteiger partial charge >= 0.3 is 22.2 Å². The number of rotatable bonds is 12. The van der Waals surface area contributed by atoms with Crippen LogP contribution in [0, 0.1) is 23.7 Å². The molecule has 15 heteroatoms. The number of alkyl carbamates (subject to hydrolysis) is 1. The summed E-state index contributed by atoms with van der Waals surface area (Å²) < 4.78 is 54.5. The first-order chi connectivity index (χ1) is 25.9. The number of hydrogen-bond donors (Lipinski definition) is 3. The van der Waals surface area contributed by atoms with E-state index in [1.165, 1.54) is 16.8 Å². The average Bonchev–Trinajstić information content (AvgIpc) is 3.74. The Balaban J connectivity index is 1.28. The highest BCUT2D eigenvalue weighted by molar-refractivity contribution is 7.87. The zero-order chi connectivity index (χ0) is 40.2. The number of hydrogen-bond acceptors (Lipinski definition) is 8. The van der Waals surface area contributed by atoms with Crippen LogP contribution in [0.25, 0.3) is 11.0 Å². The second-order valence-corrected chi connectivity index (χ2v) is 18.7. The van der Waals surface area contributed by atoms with Crippen LogP contribution in [0.5, 0.6) is 0 Å². The normalized spacial score (nSPS) is 23.3. The zero-order valence-corrected chi connectivity index (χ0v) is 34.2. The fourth-order valence-corrected chi connectivity index (χ4v) is 10.6. The first-order valence-electron chi connectivity index (χ1n) is 19.9. The maximum Gasteiger partial charge on any atom is 0.407 e. The molecular weight excluding hydrogens is 730 g/mol. The van der Waals surface area contributed by atoms with Crippen LogP contribution in [-0.2, 0) is 24.5 Å². The first kappa shape index (κ1) is 42.4. The fraction of sp³-hybridized carbons (Fsp3) is 0.700. The Bertz CT molecular complexity index is 1790. The maximum atomic E-state index is 14.3. The topological polar surface area (TPSA) is 167 Å². The third-order valence-corrected chi connectivity index (χ3v) is 13.2. The van der Waals surface area contributed by atoms with Crippen molar-refractivity contribution in [3.63, 3.8) is 0 Å². The van der Waals surface area contributed by atoms with Gasteiger partial charge in [-0.05, 0) is 123 Å². The molecule has 306 valence electrons. The molecule has 0 spiro atoms. The lowest BCUT2D eigenvalue weighted by Crippen LogP contribution is -2.50. The van der Waals surface area contributed by atoms with Crippen molar-refractivity contribution in [1.29, 1.82) is 0 Å². The third kappa shape index (κ3) is 10.4. The summed E-state index contributed by atoms with van der Waals surface area (Å²) in [5.74, 6) is -1.51. The van der Waals surface area contributed by atoms with Crippen molar-refractivity contribution >= 4 is 50.7 Å². The molecule has 5 rings (SSSR count). The number of amides is 4. The highest BCUT2D eigenvalue weighted by Gasteiger charge is 2.47. The van der Waals surface area contributed by atoms with Crippen molar-refractivity contribution in [1.82, 2.24) is 19.2 Å². The molecule has 2 aliphatic carbocycles. The molecule has 55 heavy (non-hydrogen) atoms. The van der Waals surface area contributed by atoms with Crippen LogP contribution in [0.4, 0.5) is 14.9 Å². The molecule has 3 aliphatic rings. The Kier molecular flexibility index (Phi) is 13.6. The number of nitrogens with one attached hydrogen (secondary N) is 3. The molecule has 1 aromatic carbocycles. The summed E-state index contributed by atoms with van der Waals surface area (Å²) in [6.07, 6.45) is 7.70. The van der Waals surface area contributed by atoms with Gasteiger partial charge < -0.3 is 24.7 Å². The monoisotopic (exact) mass is 789 g/mol. The van der Waals surface area contributed by atoms with Gasteiger partial charge in [0, 0.05) is 35.6 Å². The van der Waals surface area contributed by atoms with E-state index < -0.39 is 46.6 Å². The van der Waals surface area contributed by atoms with Crippen molar-refractivity contribution in [3.05, 3.63) is 30.0 Å².